The van der Waals surface area contributed by atoms with Crippen LogP contribution in [-0.4, -0.2) is 0 Å². The number of hydrogen-bond acceptors (Lipinski definition) is 0. The lowest BCUT2D eigenvalue weighted by molar-refractivity contribution is 1.32. The molecule has 14 heavy (non-hydrogen) atoms. The van der Waals surface area contributed by atoms with Crippen LogP contribution < -0.4 is 0 Å². The Morgan fingerprint density at radius 1 is 1.00 bits per heavy atom. The van der Waals surface area contributed by atoms with Crippen LogP contribution in [0.2, 0.25) is 0 Å². The van der Waals surface area contributed by atoms with E-state index in [9.17, 15) is 0 Å². The van der Waals surface area contributed by atoms with E-state index < -0.39 is 0 Å². The normalized spacial score (nSPS) is 15.0. The summed E-state index contributed by atoms with van der Waals surface area (Å²) in [5.41, 5.74) is 3.05. The van der Waals surface area contributed by atoms with E-state index in [1.807, 2.05) is 0 Å². The summed E-state index contributed by atoms with van der Waals surface area (Å²) in [6, 6.07) is 0. The lowest BCUT2D eigenvalue weighted by Gasteiger charge is -2.03. The zero-order chi connectivity index (χ0) is 10.3. The van der Waals surface area contributed by atoms with E-state index in [1.54, 1.807) is 15.9 Å². The first-order valence-corrected chi connectivity index (χ1v) is 6.49. The average Bonchev–Trinajstić information content (AvgIpc) is 2.73. The van der Waals surface area contributed by atoms with Crippen molar-refractivity contribution in [2.45, 2.75) is 34.1 Å². The van der Waals surface area contributed by atoms with Crippen molar-refractivity contribution >= 4 is 12.8 Å². The molecule has 1 aromatic heterocycles. The molecule has 0 bridgehead atoms. The summed E-state index contributed by atoms with van der Waals surface area (Å²) in [4.78, 5) is 0. The Morgan fingerprint density at radius 3 is 2.00 bits per heavy atom. The van der Waals surface area contributed by atoms with Gasteiger partial charge in [0.05, 0.1) is 0 Å². The topological polar surface area (TPSA) is 0 Å². The van der Waals surface area contributed by atoms with Crippen molar-refractivity contribution in [2.75, 3.05) is 0 Å². The van der Waals surface area contributed by atoms with Crippen molar-refractivity contribution in [1.29, 1.82) is 0 Å². The highest BCUT2D eigenvalue weighted by Crippen LogP contribution is 2.52. The fraction of sp³-hybridized carbons (Fsp3) is 0.385. The predicted octanol–water partition coefficient (Wildman–Crippen LogP) is 4.71. The number of allylic oxidation sites excluding steroid dienone is 4. The van der Waals surface area contributed by atoms with Crippen molar-refractivity contribution < 1.29 is 0 Å². The largest absolute Gasteiger partial charge is 0.0872 e. The van der Waals surface area contributed by atoms with Gasteiger partial charge in [-0.2, -0.15) is 0 Å². The molecule has 0 N–H and O–H groups in total. The molecule has 74 valence electrons. The van der Waals surface area contributed by atoms with Gasteiger partial charge in [-0.05, 0) is 61.1 Å². The van der Waals surface area contributed by atoms with Crippen molar-refractivity contribution in [3.63, 3.8) is 0 Å². The van der Waals surface area contributed by atoms with Gasteiger partial charge in [-0.3, -0.25) is 0 Å². The van der Waals surface area contributed by atoms with Crippen LogP contribution in [0.5, 0.6) is 0 Å². The molecule has 0 fully saturated rings. The second-order valence-corrected chi connectivity index (χ2v) is 6.55. The van der Waals surface area contributed by atoms with E-state index in [-0.39, 0.29) is 7.53 Å². The molecule has 1 heteroatoms. The van der Waals surface area contributed by atoms with E-state index in [0.29, 0.717) is 0 Å². The molecule has 0 nitrogen and oxygen atoms in total. The van der Waals surface area contributed by atoms with E-state index in [1.165, 1.54) is 11.1 Å². The molecular formula is C13H17P. The van der Waals surface area contributed by atoms with Crippen molar-refractivity contribution in [2.24, 2.45) is 0 Å². The highest BCUT2D eigenvalue weighted by atomic mass is 31.1. The van der Waals surface area contributed by atoms with Crippen LogP contribution in [0.1, 0.15) is 28.1 Å². The average molecular weight is 204 g/mol. The minimum atomic E-state index is -0.114. The summed E-state index contributed by atoms with van der Waals surface area (Å²) in [6.07, 6.45) is 8.09. The minimum absolute atomic E-state index is 0.114. The summed E-state index contributed by atoms with van der Waals surface area (Å²) in [6.45, 7) is 9.12. The summed E-state index contributed by atoms with van der Waals surface area (Å²) < 4.78 is 0. The second-order valence-electron chi connectivity index (χ2n) is 4.02. The van der Waals surface area contributed by atoms with E-state index in [4.69, 9.17) is 0 Å². The molecule has 1 heterocycles. The van der Waals surface area contributed by atoms with Crippen LogP contribution in [-0.2, 0) is 0 Å². The van der Waals surface area contributed by atoms with Gasteiger partial charge in [-0.25, -0.2) is 0 Å². The first-order valence-electron chi connectivity index (χ1n) is 5.15. The van der Waals surface area contributed by atoms with Gasteiger partial charge in [-0.1, -0.05) is 25.8 Å². The Bertz CT molecular complexity index is 405. The van der Waals surface area contributed by atoms with Gasteiger partial charge in [-0.15, -0.1) is 0 Å². The molecule has 0 unspecified atom stereocenters. The first-order chi connectivity index (χ1) is 6.63. The van der Waals surface area contributed by atoms with Gasteiger partial charge in [0.2, 0.25) is 0 Å². The number of rotatable bonds is 1. The molecule has 0 amide bonds. The zero-order valence-corrected chi connectivity index (χ0v) is 10.3. The molecule has 1 aliphatic carbocycles. The van der Waals surface area contributed by atoms with E-state index in [0.717, 1.165) is 6.42 Å². The summed E-state index contributed by atoms with van der Waals surface area (Å²) in [5.74, 6) is 0. The second kappa shape index (κ2) is 3.44. The third-order valence-electron chi connectivity index (χ3n) is 3.33. The molecule has 0 radical (unpaired) electrons. The Hall–Kier alpha value is -0.740. The molecule has 2 rings (SSSR count). The van der Waals surface area contributed by atoms with Crippen LogP contribution >= 0.6 is 7.53 Å². The maximum Gasteiger partial charge on any atom is -0.00567 e. The fourth-order valence-corrected chi connectivity index (χ4v) is 4.95. The molecule has 0 spiro atoms. The smallest absolute Gasteiger partial charge is 0.00567 e. The maximum atomic E-state index is 2.38. The van der Waals surface area contributed by atoms with Gasteiger partial charge in [0.25, 0.3) is 0 Å². The molecule has 0 saturated carbocycles. The van der Waals surface area contributed by atoms with Crippen LogP contribution in [0.4, 0.5) is 0 Å². The van der Waals surface area contributed by atoms with Gasteiger partial charge in [0, 0.05) is 0 Å². The quantitative estimate of drug-likeness (QED) is 0.621. The summed E-state index contributed by atoms with van der Waals surface area (Å²) >= 11 is 0. The van der Waals surface area contributed by atoms with Crippen LogP contribution in [0.25, 0.3) is 5.31 Å². The lowest BCUT2D eigenvalue weighted by atomic mass is 10.2. The van der Waals surface area contributed by atoms with Crippen molar-refractivity contribution in [1.82, 2.24) is 0 Å². The van der Waals surface area contributed by atoms with Crippen LogP contribution in [0.3, 0.4) is 0 Å². The van der Waals surface area contributed by atoms with E-state index in [2.05, 4.69) is 45.9 Å². The first kappa shape index (κ1) is 9.80. The predicted molar refractivity (Wildman–Crippen MR) is 66.1 cm³/mol. The van der Waals surface area contributed by atoms with Crippen LogP contribution in [0.15, 0.2) is 18.2 Å². The molecule has 0 aromatic carbocycles. The Morgan fingerprint density at radius 2 is 1.57 bits per heavy atom. The highest BCUT2D eigenvalue weighted by molar-refractivity contribution is 7.62. The molecule has 0 atom stereocenters. The summed E-state index contributed by atoms with van der Waals surface area (Å²) in [7, 11) is -0.114. The maximum absolute atomic E-state index is 2.38. The number of hydrogen-bond donors (Lipinski definition) is 0. The van der Waals surface area contributed by atoms with E-state index >= 15 is 0 Å². The summed E-state index contributed by atoms with van der Waals surface area (Å²) in [5, 5.41) is 4.77. The highest BCUT2D eigenvalue weighted by Gasteiger charge is 2.14. The molecule has 1 aliphatic rings. The van der Waals surface area contributed by atoms with Crippen molar-refractivity contribution in [3.05, 3.63) is 39.9 Å². The molecule has 0 saturated heterocycles. The van der Waals surface area contributed by atoms with Gasteiger partial charge in [0.15, 0.2) is 0 Å². The third-order valence-corrected chi connectivity index (χ3v) is 6.19. The monoisotopic (exact) mass is 204 g/mol. The molecule has 1 aromatic rings. The molecule has 0 aliphatic heterocycles. The molecular weight excluding hydrogens is 187 g/mol. The standard InChI is InChI=1S/C13H17P/c1-9-10(2)12(4)14(11(9)3)13-7-5-6-8-13/h5,7-8H,6H2,1-4H3. The minimum Gasteiger partial charge on any atom is -0.0872 e. The van der Waals surface area contributed by atoms with Crippen LogP contribution in [0, 0.1) is 27.7 Å². The fourth-order valence-electron chi connectivity index (χ4n) is 2.13. The zero-order valence-electron chi connectivity index (χ0n) is 9.39. The Balaban J connectivity index is 2.63. The Labute approximate surface area is 87.4 Å². The van der Waals surface area contributed by atoms with Gasteiger partial charge in [0.1, 0.15) is 0 Å². The lowest BCUT2D eigenvalue weighted by Crippen LogP contribution is -1.73. The van der Waals surface area contributed by atoms with Gasteiger partial charge < -0.3 is 0 Å². The van der Waals surface area contributed by atoms with Gasteiger partial charge >= 0.3 is 0 Å². The Kier molecular flexibility index (Phi) is 2.41. The SMILES string of the molecule is Cc1c(C)c(C)p(C2=CCC=C2)c1C. The van der Waals surface area contributed by atoms with Crippen molar-refractivity contribution in [3.8, 4) is 0 Å². The third kappa shape index (κ3) is 1.29.